The molecule has 0 aliphatic carbocycles. The van der Waals surface area contributed by atoms with Crippen LogP contribution >= 0.6 is 0 Å². The number of hydrogen-bond donors (Lipinski definition) is 1. The van der Waals surface area contributed by atoms with Crippen molar-refractivity contribution in [3.05, 3.63) is 35.4 Å². The number of amides is 1. The summed E-state index contributed by atoms with van der Waals surface area (Å²) in [5, 5.41) is 2.44. The summed E-state index contributed by atoms with van der Waals surface area (Å²) >= 11 is 0. The summed E-state index contributed by atoms with van der Waals surface area (Å²) < 4.78 is 48.7. The first kappa shape index (κ1) is 16.6. The molecule has 0 heterocycles. The molecule has 0 saturated carbocycles. The van der Waals surface area contributed by atoms with Crippen molar-refractivity contribution in [2.75, 3.05) is 18.1 Å². The number of rotatable bonds is 7. The van der Waals surface area contributed by atoms with Gasteiger partial charge in [-0.1, -0.05) is 19.1 Å². The third kappa shape index (κ3) is 5.24. The number of benzene rings is 1. The van der Waals surface area contributed by atoms with Gasteiger partial charge >= 0.3 is 0 Å². The fourth-order valence-electron chi connectivity index (χ4n) is 1.57. The van der Waals surface area contributed by atoms with Gasteiger partial charge in [0.15, 0.2) is 21.5 Å². The fourth-order valence-corrected chi connectivity index (χ4v) is 2.27. The Hall–Kier alpha value is -1.50. The van der Waals surface area contributed by atoms with Crippen molar-refractivity contribution in [1.29, 1.82) is 0 Å². The number of carbonyl (C=O) groups excluding carboxylic acids is 1. The molecule has 1 amide bonds. The quantitative estimate of drug-likeness (QED) is 0.829. The second-order valence-electron chi connectivity index (χ2n) is 4.30. The molecule has 7 heteroatoms. The Morgan fingerprint density at radius 1 is 1.30 bits per heavy atom. The van der Waals surface area contributed by atoms with Gasteiger partial charge in [0.2, 0.25) is 5.91 Å². The predicted octanol–water partition coefficient (Wildman–Crippen LogP) is 1.45. The van der Waals surface area contributed by atoms with Gasteiger partial charge in [0.1, 0.15) is 0 Å². The van der Waals surface area contributed by atoms with E-state index in [1.165, 1.54) is 19.1 Å². The minimum absolute atomic E-state index is 0.0213. The van der Waals surface area contributed by atoms with E-state index in [1.807, 2.05) is 0 Å². The summed E-state index contributed by atoms with van der Waals surface area (Å²) in [4.78, 5) is 11.5. The predicted molar refractivity (Wildman–Crippen MR) is 72.0 cm³/mol. The SMILES string of the molecule is CCS(=O)(=O)CCNC(=O)CCc1cccc(F)c1F. The normalized spacial score (nSPS) is 11.3. The van der Waals surface area contributed by atoms with E-state index < -0.39 is 21.5 Å². The maximum absolute atomic E-state index is 13.3. The molecule has 0 aliphatic rings. The minimum atomic E-state index is -3.12. The molecule has 1 N–H and O–H groups in total. The Morgan fingerprint density at radius 2 is 2.00 bits per heavy atom. The number of aryl methyl sites for hydroxylation is 1. The highest BCUT2D eigenvalue weighted by Gasteiger charge is 2.11. The maximum atomic E-state index is 13.3. The van der Waals surface area contributed by atoms with Crippen LogP contribution in [0.4, 0.5) is 8.78 Å². The van der Waals surface area contributed by atoms with Gasteiger partial charge in [0.05, 0.1) is 5.75 Å². The van der Waals surface area contributed by atoms with Gasteiger partial charge in [-0.05, 0) is 18.1 Å². The number of carbonyl (C=O) groups is 1. The molecular formula is C13H17F2NO3S. The van der Waals surface area contributed by atoms with Crippen LogP contribution in [0.5, 0.6) is 0 Å². The zero-order chi connectivity index (χ0) is 15.2. The Balaban J connectivity index is 2.39. The van der Waals surface area contributed by atoms with E-state index in [2.05, 4.69) is 5.32 Å². The van der Waals surface area contributed by atoms with E-state index >= 15 is 0 Å². The summed E-state index contributed by atoms with van der Waals surface area (Å²) in [7, 11) is -3.12. The van der Waals surface area contributed by atoms with Crippen molar-refractivity contribution in [1.82, 2.24) is 5.32 Å². The van der Waals surface area contributed by atoms with Crippen LogP contribution in [-0.2, 0) is 21.1 Å². The highest BCUT2D eigenvalue weighted by Crippen LogP contribution is 2.12. The van der Waals surface area contributed by atoms with Gasteiger partial charge in [-0.25, -0.2) is 17.2 Å². The second kappa shape index (κ2) is 7.33. The molecule has 0 unspecified atom stereocenters. The molecule has 0 radical (unpaired) electrons. The zero-order valence-electron chi connectivity index (χ0n) is 11.2. The van der Waals surface area contributed by atoms with Crippen molar-refractivity contribution >= 4 is 15.7 Å². The molecular weight excluding hydrogens is 288 g/mol. The standard InChI is InChI=1S/C13H17F2NO3S/c1-2-20(18,19)9-8-16-12(17)7-6-10-4-3-5-11(14)13(10)15/h3-5H,2,6-9H2,1H3,(H,16,17). The Morgan fingerprint density at radius 3 is 2.65 bits per heavy atom. The average Bonchev–Trinajstić information content (AvgIpc) is 2.40. The van der Waals surface area contributed by atoms with Gasteiger partial charge in [-0.15, -0.1) is 0 Å². The van der Waals surface area contributed by atoms with Gasteiger partial charge in [0, 0.05) is 18.7 Å². The third-order valence-electron chi connectivity index (χ3n) is 2.83. The lowest BCUT2D eigenvalue weighted by molar-refractivity contribution is -0.120. The van der Waals surface area contributed by atoms with E-state index in [9.17, 15) is 22.0 Å². The first-order chi connectivity index (χ1) is 9.35. The first-order valence-corrected chi connectivity index (χ1v) is 8.08. The minimum Gasteiger partial charge on any atom is -0.355 e. The molecule has 0 aromatic heterocycles. The topological polar surface area (TPSA) is 63.2 Å². The van der Waals surface area contributed by atoms with Crippen molar-refractivity contribution in [2.24, 2.45) is 0 Å². The number of nitrogens with one attached hydrogen (secondary N) is 1. The van der Waals surface area contributed by atoms with Crippen LogP contribution in [0, 0.1) is 11.6 Å². The van der Waals surface area contributed by atoms with Crippen LogP contribution in [0.1, 0.15) is 18.9 Å². The Kier molecular flexibility index (Phi) is 6.06. The molecule has 0 spiro atoms. The number of hydrogen-bond acceptors (Lipinski definition) is 3. The van der Waals surface area contributed by atoms with E-state index in [-0.39, 0.29) is 42.4 Å². The fraction of sp³-hybridized carbons (Fsp3) is 0.462. The summed E-state index contributed by atoms with van der Waals surface area (Å²) in [5.41, 5.74) is 0.126. The van der Waals surface area contributed by atoms with Crippen molar-refractivity contribution in [2.45, 2.75) is 19.8 Å². The maximum Gasteiger partial charge on any atom is 0.220 e. The lowest BCUT2D eigenvalue weighted by atomic mass is 10.1. The lowest BCUT2D eigenvalue weighted by Crippen LogP contribution is -2.29. The zero-order valence-corrected chi connectivity index (χ0v) is 12.0. The van der Waals surface area contributed by atoms with Crippen molar-refractivity contribution in [3.63, 3.8) is 0 Å². The van der Waals surface area contributed by atoms with E-state index in [0.29, 0.717) is 0 Å². The highest BCUT2D eigenvalue weighted by molar-refractivity contribution is 7.91. The van der Waals surface area contributed by atoms with E-state index in [4.69, 9.17) is 0 Å². The van der Waals surface area contributed by atoms with Crippen LogP contribution in [-0.4, -0.2) is 32.4 Å². The average molecular weight is 305 g/mol. The number of halogens is 2. The molecule has 4 nitrogen and oxygen atoms in total. The van der Waals surface area contributed by atoms with E-state index in [1.54, 1.807) is 0 Å². The summed E-state index contributed by atoms with van der Waals surface area (Å²) in [6, 6.07) is 3.79. The third-order valence-corrected chi connectivity index (χ3v) is 4.53. The summed E-state index contributed by atoms with van der Waals surface area (Å²) in [6.07, 6.45) is 0.0441. The van der Waals surface area contributed by atoms with Gasteiger partial charge in [0.25, 0.3) is 0 Å². The van der Waals surface area contributed by atoms with Gasteiger partial charge in [-0.3, -0.25) is 4.79 Å². The first-order valence-electron chi connectivity index (χ1n) is 6.25. The van der Waals surface area contributed by atoms with Crippen LogP contribution in [0.3, 0.4) is 0 Å². The van der Waals surface area contributed by atoms with Crippen LogP contribution < -0.4 is 5.32 Å². The second-order valence-corrected chi connectivity index (χ2v) is 6.77. The molecule has 0 aliphatic heterocycles. The molecule has 1 aromatic carbocycles. The largest absolute Gasteiger partial charge is 0.355 e. The van der Waals surface area contributed by atoms with Gasteiger partial charge in [-0.2, -0.15) is 0 Å². The van der Waals surface area contributed by atoms with Crippen LogP contribution in [0.2, 0.25) is 0 Å². The molecule has 20 heavy (non-hydrogen) atoms. The summed E-state index contributed by atoms with van der Waals surface area (Å²) in [5.74, 6) is -2.38. The molecule has 112 valence electrons. The van der Waals surface area contributed by atoms with Gasteiger partial charge < -0.3 is 5.32 Å². The molecule has 1 aromatic rings. The van der Waals surface area contributed by atoms with Crippen molar-refractivity contribution in [3.8, 4) is 0 Å². The monoisotopic (exact) mass is 305 g/mol. The highest BCUT2D eigenvalue weighted by atomic mass is 32.2. The smallest absolute Gasteiger partial charge is 0.220 e. The molecule has 0 saturated heterocycles. The lowest BCUT2D eigenvalue weighted by Gasteiger charge is -2.06. The van der Waals surface area contributed by atoms with Crippen molar-refractivity contribution < 1.29 is 22.0 Å². The molecule has 0 bridgehead atoms. The van der Waals surface area contributed by atoms with Crippen LogP contribution in [0.25, 0.3) is 0 Å². The molecule has 1 rings (SSSR count). The Labute approximate surface area is 117 Å². The molecule has 0 atom stereocenters. The Bertz CT molecular complexity index is 573. The number of sulfone groups is 1. The van der Waals surface area contributed by atoms with Crippen LogP contribution in [0.15, 0.2) is 18.2 Å². The summed E-state index contributed by atoms with van der Waals surface area (Å²) in [6.45, 7) is 1.56. The van der Waals surface area contributed by atoms with E-state index in [0.717, 1.165) is 6.07 Å². The molecule has 0 fully saturated rings.